The first kappa shape index (κ1) is 14.4. The normalized spacial score (nSPS) is 39.5. The molecule has 0 nitrogen and oxygen atoms in total. The first-order valence-corrected chi connectivity index (χ1v) is 8.94. The monoisotopic (exact) mass is 456 g/mol. The maximum Gasteiger partial charge on any atom is 0.0113 e. The molecule has 3 unspecified atom stereocenters. The van der Waals surface area contributed by atoms with Crippen LogP contribution in [0.2, 0.25) is 0 Å². The van der Waals surface area contributed by atoms with Gasteiger partial charge in [0.2, 0.25) is 0 Å². The molecule has 0 spiro atoms. The number of hydrogen-bond acceptors (Lipinski definition) is 0. The molecule has 0 aromatic rings. The number of rotatable bonds is 1. The summed E-state index contributed by atoms with van der Waals surface area (Å²) in [5, 5.41) is 0. The van der Waals surface area contributed by atoms with Crippen LogP contribution in [-0.4, -0.2) is 3.92 Å². The van der Waals surface area contributed by atoms with E-state index in [2.05, 4.69) is 78.1 Å². The molecule has 0 aliphatic heterocycles. The zero-order chi connectivity index (χ0) is 12.6. The van der Waals surface area contributed by atoms with Crippen molar-refractivity contribution in [1.82, 2.24) is 0 Å². The average molecular weight is 456 g/mol. The molecular weight excluding hydrogens is 434 g/mol. The van der Waals surface area contributed by atoms with Gasteiger partial charge in [-0.15, -0.1) is 0 Å². The van der Waals surface area contributed by atoms with Gasteiger partial charge in [0.1, 0.15) is 0 Å². The highest BCUT2D eigenvalue weighted by Crippen LogP contribution is 2.57. The number of halogens is 2. The van der Waals surface area contributed by atoms with E-state index in [0.29, 0.717) is 5.41 Å². The van der Waals surface area contributed by atoms with E-state index in [0.717, 1.165) is 15.8 Å². The van der Waals surface area contributed by atoms with Crippen LogP contribution in [0.4, 0.5) is 0 Å². The Kier molecular flexibility index (Phi) is 4.65. The summed E-state index contributed by atoms with van der Waals surface area (Å²) in [5.41, 5.74) is 2.12. The van der Waals surface area contributed by atoms with Gasteiger partial charge in [-0.05, 0) is 78.5 Å². The van der Waals surface area contributed by atoms with Crippen LogP contribution in [-0.2, 0) is 0 Å². The smallest absolute Gasteiger partial charge is 0.0113 e. The molecule has 2 saturated carbocycles. The Morgan fingerprint density at radius 3 is 2.71 bits per heavy atom. The summed E-state index contributed by atoms with van der Waals surface area (Å²) in [6.45, 7) is 7.07. The minimum Gasteiger partial charge on any atom is -0.0826 e. The molecule has 0 saturated heterocycles. The predicted molar refractivity (Wildman–Crippen MR) is 92.9 cm³/mol. The number of allylic oxidation sites excluding steroid dienone is 4. The molecule has 2 aliphatic carbocycles. The first-order valence-electron chi connectivity index (χ1n) is 6.62. The Labute approximate surface area is 133 Å². The Hall–Kier alpha value is 0.940. The summed E-state index contributed by atoms with van der Waals surface area (Å²) in [5.74, 6) is 1.88. The largest absolute Gasteiger partial charge is 0.0826 e. The van der Waals surface area contributed by atoms with Crippen molar-refractivity contribution < 1.29 is 0 Å². The Morgan fingerprint density at radius 1 is 1.35 bits per heavy atom. The summed E-state index contributed by atoms with van der Waals surface area (Å²) in [7, 11) is 0. The molecule has 3 atom stereocenters. The molecule has 2 aliphatic rings. The highest BCUT2D eigenvalue weighted by Gasteiger charge is 2.47. The fourth-order valence-corrected chi connectivity index (χ4v) is 4.87. The second-order valence-corrected chi connectivity index (χ2v) is 9.05. The highest BCUT2D eigenvalue weighted by molar-refractivity contribution is 14.1. The maximum atomic E-state index is 2.66. The molecule has 0 heterocycles. The first-order chi connectivity index (χ1) is 7.95. The molecular formula is C15H22I2. The van der Waals surface area contributed by atoms with E-state index in [-0.39, 0.29) is 0 Å². The van der Waals surface area contributed by atoms with Gasteiger partial charge in [0.25, 0.3) is 0 Å². The molecule has 0 amide bonds. The Morgan fingerprint density at radius 2 is 2.06 bits per heavy atom. The van der Waals surface area contributed by atoms with Gasteiger partial charge in [-0.2, -0.15) is 0 Å². The number of hydrogen-bond donors (Lipinski definition) is 0. The van der Waals surface area contributed by atoms with Crippen LogP contribution in [0.25, 0.3) is 0 Å². The SMILES string of the molecule is C/C=C(I)\C=C1/CC2CCC(I)CC2C1(C)C. The second kappa shape index (κ2) is 5.51. The van der Waals surface area contributed by atoms with Crippen LogP contribution in [0.5, 0.6) is 0 Å². The second-order valence-electron chi connectivity index (χ2n) is 6.05. The van der Waals surface area contributed by atoms with E-state index in [1.165, 1.54) is 29.3 Å². The number of fused-ring (bicyclic) bond motifs is 1. The van der Waals surface area contributed by atoms with E-state index in [1.807, 2.05) is 0 Å². The van der Waals surface area contributed by atoms with Crippen LogP contribution in [0, 0.1) is 17.3 Å². The maximum absolute atomic E-state index is 2.66. The van der Waals surface area contributed by atoms with Crippen molar-refractivity contribution in [2.24, 2.45) is 17.3 Å². The van der Waals surface area contributed by atoms with Crippen molar-refractivity contribution in [2.75, 3.05) is 0 Å². The Balaban J connectivity index is 2.25. The lowest BCUT2D eigenvalue weighted by atomic mass is 9.71. The van der Waals surface area contributed by atoms with Crippen LogP contribution in [0.1, 0.15) is 46.5 Å². The van der Waals surface area contributed by atoms with Crippen molar-refractivity contribution in [3.05, 3.63) is 21.3 Å². The lowest BCUT2D eigenvalue weighted by molar-refractivity contribution is 0.186. The van der Waals surface area contributed by atoms with E-state index in [9.17, 15) is 0 Å². The third-order valence-corrected chi connectivity index (χ3v) is 6.82. The standard InChI is InChI=1S/C15H22I2/c1-4-12(16)8-11-7-10-5-6-13(17)9-14(10)15(11,2)3/h4,8,10,13-14H,5-7,9H2,1-3H3/b11-8+,12-4+. The minimum absolute atomic E-state index is 0.425. The van der Waals surface area contributed by atoms with Gasteiger partial charge in [-0.1, -0.05) is 48.1 Å². The van der Waals surface area contributed by atoms with Crippen molar-refractivity contribution in [2.45, 2.75) is 50.4 Å². The molecule has 17 heavy (non-hydrogen) atoms. The van der Waals surface area contributed by atoms with E-state index >= 15 is 0 Å². The van der Waals surface area contributed by atoms with Crippen molar-refractivity contribution in [3.8, 4) is 0 Å². The predicted octanol–water partition coefficient (Wildman–Crippen LogP) is 5.90. The quantitative estimate of drug-likeness (QED) is 0.341. The van der Waals surface area contributed by atoms with E-state index in [4.69, 9.17) is 0 Å². The molecule has 0 aromatic heterocycles. The lowest BCUT2D eigenvalue weighted by Crippen LogP contribution is -2.29. The summed E-state index contributed by atoms with van der Waals surface area (Å²) in [6, 6.07) is 0. The highest BCUT2D eigenvalue weighted by atomic mass is 127. The molecule has 0 aromatic carbocycles. The van der Waals surface area contributed by atoms with Crippen LogP contribution in [0.15, 0.2) is 21.3 Å². The molecule has 2 rings (SSSR count). The molecule has 0 bridgehead atoms. The van der Waals surface area contributed by atoms with Crippen LogP contribution in [0.3, 0.4) is 0 Å². The van der Waals surface area contributed by atoms with Gasteiger partial charge in [0.15, 0.2) is 0 Å². The van der Waals surface area contributed by atoms with Crippen LogP contribution < -0.4 is 0 Å². The molecule has 0 radical (unpaired) electrons. The summed E-state index contributed by atoms with van der Waals surface area (Å²) in [6.07, 6.45) is 10.3. The van der Waals surface area contributed by atoms with Crippen molar-refractivity contribution >= 4 is 45.2 Å². The van der Waals surface area contributed by atoms with Crippen molar-refractivity contribution in [3.63, 3.8) is 0 Å². The van der Waals surface area contributed by atoms with Crippen LogP contribution >= 0.6 is 45.2 Å². The third-order valence-electron chi connectivity index (χ3n) is 4.75. The Bertz CT molecular complexity index is 352. The fraction of sp³-hybridized carbons (Fsp3) is 0.733. The molecule has 0 N–H and O–H groups in total. The fourth-order valence-electron chi connectivity index (χ4n) is 3.59. The molecule has 2 heteroatoms. The lowest BCUT2D eigenvalue weighted by Gasteiger charge is -2.36. The van der Waals surface area contributed by atoms with Crippen molar-refractivity contribution in [1.29, 1.82) is 0 Å². The zero-order valence-corrected chi connectivity index (χ0v) is 15.3. The van der Waals surface area contributed by atoms with Gasteiger partial charge in [-0.25, -0.2) is 0 Å². The van der Waals surface area contributed by atoms with Gasteiger partial charge in [-0.3, -0.25) is 0 Å². The molecule has 2 fully saturated rings. The van der Waals surface area contributed by atoms with E-state index in [1.54, 1.807) is 5.57 Å². The topological polar surface area (TPSA) is 0 Å². The summed E-state index contributed by atoms with van der Waals surface area (Å²) in [4.78, 5) is 0. The van der Waals surface area contributed by atoms with Gasteiger partial charge in [0, 0.05) is 7.50 Å². The van der Waals surface area contributed by atoms with Gasteiger partial charge < -0.3 is 0 Å². The zero-order valence-electron chi connectivity index (χ0n) is 11.0. The number of alkyl halides is 1. The summed E-state index contributed by atoms with van der Waals surface area (Å²) < 4.78 is 2.31. The van der Waals surface area contributed by atoms with E-state index < -0.39 is 0 Å². The van der Waals surface area contributed by atoms with Gasteiger partial charge in [0.05, 0.1) is 0 Å². The molecule has 96 valence electrons. The summed E-state index contributed by atoms with van der Waals surface area (Å²) >= 11 is 5.11. The van der Waals surface area contributed by atoms with Gasteiger partial charge >= 0.3 is 0 Å². The third kappa shape index (κ3) is 2.93. The average Bonchev–Trinajstić information content (AvgIpc) is 2.52. The minimum atomic E-state index is 0.425.